The summed E-state index contributed by atoms with van der Waals surface area (Å²) < 4.78 is 13.8. The Balaban J connectivity index is 1.95. The van der Waals surface area contributed by atoms with Crippen molar-refractivity contribution in [2.75, 3.05) is 37.2 Å². The number of benzene rings is 1. The molecule has 5 N–H and O–H groups in total. The van der Waals surface area contributed by atoms with Crippen molar-refractivity contribution in [3.63, 3.8) is 0 Å². The second-order valence-electron chi connectivity index (χ2n) is 5.78. The normalized spacial score (nSPS) is 16.9. The van der Waals surface area contributed by atoms with Crippen LogP contribution in [-0.2, 0) is 0 Å². The third kappa shape index (κ3) is 4.07. The van der Waals surface area contributed by atoms with Crippen molar-refractivity contribution in [1.82, 2.24) is 4.90 Å². The van der Waals surface area contributed by atoms with Crippen molar-refractivity contribution in [2.24, 2.45) is 11.7 Å². The summed E-state index contributed by atoms with van der Waals surface area (Å²) >= 11 is 0. The molecule has 21 heavy (non-hydrogen) atoms. The first-order valence-corrected chi connectivity index (χ1v) is 7.32. The molecule has 6 heteroatoms. The number of nitrogens with two attached hydrogens (primary N) is 2. The predicted molar refractivity (Wildman–Crippen MR) is 82.7 cm³/mol. The van der Waals surface area contributed by atoms with Gasteiger partial charge in [0, 0.05) is 18.8 Å². The fraction of sp³-hybridized carbons (Fsp3) is 0.533. The summed E-state index contributed by atoms with van der Waals surface area (Å²) in [6.07, 6.45) is 2.52. The average Bonchev–Trinajstić information content (AvgIpc) is 2.90. The molecule has 0 saturated carbocycles. The van der Waals surface area contributed by atoms with E-state index in [0.717, 1.165) is 25.7 Å². The van der Waals surface area contributed by atoms with E-state index in [4.69, 9.17) is 11.5 Å². The van der Waals surface area contributed by atoms with Gasteiger partial charge in [-0.3, -0.25) is 4.79 Å². The number of carbonyl (C=O) groups excluding carboxylic acids is 1. The molecule has 116 valence electrons. The number of nitrogen functional groups attached to an aromatic ring is 1. The lowest BCUT2D eigenvalue weighted by atomic mass is 10.1. The molecule has 5 nitrogen and oxygen atoms in total. The highest BCUT2D eigenvalue weighted by Gasteiger charge is 2.16. The highest BCUT2D eigenvalue weighted by molar-refractivity contribution is 5.99. The van der Waals surface area contributed by atoms with E-state index in [9.17, 15) is 9.18 Å². The topological polar surface area (TPSA) is 84.4 Å². The van der Waals surface area contributed by atoms with Gasteiger partial charge in [0.05, 0.1) is 11.3 Å². The van der Waals surface area contributed by atoms with E-state index < -0.39 is 11.7 Å². The van der Waals surface area contributed by atoms with Crippen LogP contribution in [0.2, 0.25) is 0 Å². The first kappa shape index (κ1) is 15.6. The minimum Gasteiger partial charge on any atom is -0.398 e. The van der Waals surface area contributed by atoms with Crippen LogP contribution in [0.3, 0.4) is 0 Å². The van der Waals surface area contributed by atoms with Crippen molar-refractivity contribution >= 4 is 17.3 Å². The molecule has 1 aromatic carbocycles. The van der Waals surface area contributed by atoms with Crippen molar-refractivity contribution in [2.45, 2.75) is 19.8 Å². The Morgan fingerprint density at radius 1 is 1.43 bits per heavy atom. The van der Waals surface area contributed by atoms with Gasteiger partial charge < -0.3 is 21.7 Å². The first-order chi connectivity index (χ1) is 9.97. The quantitative estimate of drug-likeness (QED) is 0.697. The van der Waals surface area contributed by atoms with Crippen LogP contribution >= 0.6 is 0 Å². The van der Waals surface area contributed by atoms with Crippen LogP contribution in [0.4, 0.5) is 15.8 Å². The SMILES string of the molecule is CC(CNc1cc(C(N)=O)c(N)cc1F)CN1CCCC1. The molecule has 2 rings (SSSR count). The molecule has 1 aliphatic heterocycles. The van der Waals surface area contributed by atoms with Crippen LogP contribution in [0.25, 0.3) is 0 Å². The highest BCUT2D eigenvalue weighted by Crippen LogP contribution is 2.22. The van der Waals surface area contributed by atoms with Crippen LogP contribution in [0, 0.1) is 11.7 Å². The summed E-state index contributed by atoms with van der Waals surface area (Å²) in [5.41, 5.74) is 11.3. The summed E-state index contributed by atoms with van der Waals surface area (Å²) in [6, 6.07) is 2.52. The maximum atomic E-state index is 13.8. The number of anilines is 2. The van der Waals surface area contributed by atoms with Gasteiger partial charge in [0.25, 0.3) is 5.91 Å². The lowest BCUT2D eigenvalue weighted by molar-refractivity contribution is 0.100. The molecule has 1 heterocycles. The zero-order chi connectivity index (χ0) is 15.4. The highest BCUT2D eigenvalue weighted by atomic mass is 19.1. The number of nitrogens with one attached hydrogen (secondary N) is 1. The Morgan fingerprint density at radius 2 is 2.10 bits per heavy atom. The number of halogens is 1. The average molecular weight is 294 g/mol. The van der Waals surface area contributed by atoms with E-state index in [1.165, 1.54) is 18.9 Å². The van der Waals surface area contributed by atoms with E-state index in [1.54, 1.807) is 0 Å². The van der Waals surface area contributed by atoms with Crippen LogP contribution in [0.5, 0.6) is 0 Å². The first-order valence-electron chi connectivity index (χ1n) is 7.32. The zero-order valence-electron chi connectivity index (χ0n) is 12.4. The van der Waals surface area contributed by atoms with Gasteiger partial charge in [-0.05, 0) is 44.0 Å². The van der Waals surface area contributed by atoms with Crippen LogP contribution < -0.4 is 16.8 Å². The summed E-state index contributed by atoms with van der Waals surface area (Å²) in [5.74, 6) is -0.733. The summed E-state index contributed by atoms with van der Waals surface area (Å²) in [5, 5.41) is 3.04. The van der Waals surface area contributed by atoms with Gasteiger partial charge in [-0.1, -0.05) is 6.92 Å². The molecule has 1 saturated heterocycles. The lowest BCUT2D eigenvalue weighted by Gasteiger charge is -2.21. The standard InChI is InChI=1S/C15H23FN4O/c1-10(9-20-4-2-3-5-20)8-19-14-6-11(15(18)21)13(17)7-12(14)16/h6-7,10,19H,2-5,8-9,17H2,1H3,(H2,18,21). The molecule has 1 aliphatic rings. The molecular weight excluding hydrogens is 271 g/mol. The molecule has 0 spiro atoms. The van der Waals surface area contributed by atoms with Gasteiger partial charge in [-0.25, -0.2) is 4.39 Å². The van der Waals surface area contributed by atoms with Crippen LogP contribution in [0.1, 0.15) is 30.1 Å². The summed E-state index contributed by atoms with van der Waals surface area (Å²) in [4.78, 5) is 13.7. The maximum Gasteiger partial charge on any atom is 0.250 e. The van der Waals surface area contributed by atoms with Crippen molar-refractivity contribution in [3.8, 4) is 0 Å². The molecule has 0 aromatic heterocycles. The summed E-state index contributed by atoms with van der Waals surface area (Å²) in [6.45, 7) is 6.04. The molecular formula is C15H23FN4O. The fourth-order valence-corrected chi connectivity index (χ4v) is 2.69. The van der Waals surface area contributed by atoms with Crippen molar-refractivity contribution in [3.05, 3.63) is 23.5 Å². The van der Waals surface area contributed by atoms with E-state index in [-0.39, 0.29) is 16.9 Å². The van der Waals surface area contributed by atoms with Gasteiger partial charge >= 0.3 is 0 Å². The molecule has 1 aromatic rings. The van der Waals surface area contributed by atoms with Gasteiger partial charge in [-0.15, -0.1) is 0 Å². The molecule has 0 bridgehead atoms. The number of carbonyl (C=O) groups is 1. The molecule has 0 radical (unpaired) electrons. The third-order valence-corrected chi connectivity index (χ3v) is 3.81. The molecule has 1 fully saturated rings. The van der Waals surface area contributed by atoms with Crippen molar-refractivity contribution in [1.29, 1.82) is 0 Å². The number of amides is 1. The predicted octanol–water partition coefficient (Wildman–Crippen LogP) is 1.65. The number of rotatable bonds is 6. The van der Waals surface area contributed by atoms with E-state index in [1.807, 2.05) is 0 Å². The van der Waals surface area contributed by atoms with Crippen molar-refractivity contribution < 1.29 is 9.18 Å². The number of nitrogens with zero attached hydrogens (tertiary/aromatic N) is 1. The second kappa shape index (κ2) is 6.76. The van der Waals surface area contributed by atoms with Gasteiger partial charge in [-0.2, -0.15) is 0 Å². The van der Waals surface area contributed by atoms with E-state index >= 15 is 0 Å². The third-order valence-electron chi connectivity index (χ3n) is 3.81. The van der Waals surface area contributed by atoms with Gasteiger partial charge in [0.2, 0.25) is 0 Å². The molecule has 1 unspecified atom stereocenters. The lowest BCUT2D eigenvalue weighted by Crippen LogP contribution is -2.29. The smallest absolute Gasteiger partial charge is 0.250 e. The van der Waals surface area contributed by atoms with Crippen LogP contribution in [-0.4, -0.2) is 37.0 Å². The Bertz CT molecular complexity index is 515. The maximum absolute atomic E-state index is 13.8. The monoisotopic (exact) mass is 294 g/mol. The minimum atomic E-state index is -0.652. The summed E-state index contributed by atoms with van der Waals surface area (Å²) in [7, 11) is 0. The number of primary amides is 1. The molecule has 0 aliphatic carbocycles. The number of likely N-dealkylation sites (tertiary alicyclic amines) is 1. The van der Waals surface area contributed by atoms with Crippen LogP contribution in [0.15, 0.2) is 12.1 Å². The molecule has 1 amide bonds. The largest absolute Gasteiger partial charge is 0.398 e. The zero-order valence-corrected chi connectivity index (χ0v) is 12.4. The second-order valence-corrected chi connectivity index (χ2v) is 5.78. The Hall–Kier alpha value is -1.82. The minimum absolute atomic E-state index is 0.0654. The fourth-order valence-electron chi connectivity index (χ4n) is 2.69. The Kier molecular flexibility index (Phi) is 5.01. The van der Waals surface area contributed by atoms with Gasteiger partial charge in [0.15, 0.2) is 0 Å². The number of hydrogen-bond donors (Lipinski definition) is 3. The Labute approximate surface area is 124 Å². The van der Waals surface area contributed by atoms with Gasteiger partial charge in [0.1, 0.15) is 5.82 Å². The number of hydrogen-bond acceptors (Lipinski definition) is 4. The Morgan fingerprint density at radius 3 is 2.71 bits per heavy atom. The molecule has 1 atom stereocenters. The van der Waals surface area contributed by atoms with E-state index in [2.05, 4.69) is 17.1 Å². The van der Waals surface area contributed by atoms with E-state index in [0.29, 0.717) is 12.5 Å².